The molecular weight excluding hydrogens is 246 g/mol. The Bertz CT molecular complexity index is 785. The second-order valence-electron chi connectivity index (χ2n) is 5.55. The lowest BCUT2D eigenvalue weighted by Gasteiger charge is -2.18. The topological polar surface area (TPSA) is 25.2 Å². The minimum Gasteiger partial charge on any atom is -0.456 e. The standard InChI is InChI=1S/C18H17NO/c1-12-4-7-17-15(9-12)11-18(20-17)14-5-6-16-13(10-14)3-2-8-19-16/h4-7,9-11,19H,2-3,8H2,1H3. The van der Waals surface area contributed by atoms with Crippen molar-refractivity contribution in [3.8, 4) is 11.3 Å². The molecule has 1 aromatic heterocycles. The zero-order valence-electron chi connectivity index (χ0n) is 11.6. The molecule has 3 aromatic rings. The lowest BCUT2D eigenvalue weighted by Crippen LogP contribution is -2.11. The number of aryl methyl sites for hydroxylation is 2. The first-order chi connectivity index (χ1) is 9.79. The molecular formula is C18H17NO. The lowest BCUT2D eigenvalue weighted by atomic mass is 10.00. The van der Waals surface area contributed by atoms with E-state index in [1.54, 1.807) is 0 Å². The van der Waals surface area contributed by atoms with Crippen molar-refractivity contribution in [1.29, 1.82) is 0 Å². The number of benzene rings is 2. The number of furan rings is 1. The molecule has 100 valence electrons. The van der Waals surface area contributed by atoms with Crippen molar-refractivity contribution in [2.24, 2.45) is 0 Å². The molecule has 4 rings (SSSR count). The van der Waals surface area contributed by atoms with Crippen molar-refractivity contribution in [2.45, 2.75) is 19.8 Å². The van der Waals surface area contributed by atoms with Crippen LogP contribution in [0.1, 0.15) is 17.5 Å². The number of anilines is 1. The van der Waals surface area contributed by atoms with Gasteiger partial charge < -0.3 is 9.73 Å². The van der Waals surface area contributed by atoms with Crippen LogP contribution < -0.4 is 5.32 Å². The van der Waals surface area contributed by atoms with Crippen LogP contribution >= 0.6 is 0 Å². The average Bonchev–Trinajstić information content (AvgIpc) is 2.89. The van der Waals surface area contributed by atoms with Crippen LogP contribution in [0.3, 0.4) is 0 Å². The van der Waals surface area contributed by atoms with E-state index >= 15 is 0 Å². The van der Waals surface area contributed by atoms with E-state index in [0.717, 1.165) is 24.3 Å². The van der Waals surface area contributed by atoms with Gasteiger partial charge in [-0.25, -0.2) is 0 Å². The molecule has 1 aliphatic rings. The molecule has 2 nitrogen and oxygen atoms in total. The summed E-state index contributed by atoms with van der Waals surface area (Å²) in [5.74, 6) is 0.957. The highest BCUT2D eigenvalue weighted by atomic mass is 16.3. The van der Waals surface area contributed by atoms with Crippen LogP contribution in [0.2, 0.25) is 0 Å². The van der Waals surface area contributed by atoms with Crippen LogP contribution in [0.25, 0.3) is 22.3 Å². The normalized spacial score (nSPS) is 14.1. The largest absolute Gasteiger partial charge is 0.456 e. The molecule has 0 bridgehead atoms. The Hall–Kier alpha value is -2.22. The van der Waals surface area contributed by atoms with Crippen LogP contribution in [0, 0.1) is 6.92 Å². The van der Waals surface area contributed by atoms with Crippen molar-refractivity contribution in [1.82, 2.24) is 0 Å². The molecule has 0 saturated carbocycles. The van der Waals surface area contributed by atoms with Gasteiger partial charge in [0.25, 0.3) is 0 Å². The van der Waals surface area contributed by atoms with E-state index in [9.17, 15) is 0 Å². The molecule has 0 spiro atoms. The van der Waals surface area contributed by atoms with Gasteiger partial charge in [0, 0.05) is 23.2 Å². The summed E-state index contributed by atoms with van der Waals surface area (Å²) in [7, 11) is 0. The van der Waals surface area contributed by atoms with Gasteiger partial charge in [0.1, 0.15) is 11.3 Å². The number of fused-ring (bicyclic) bond motifs is 2. The van der Waals surface area contributed by atoms with Gasteiger partial charge in [-0.3, -0.25) is 0 Å². The molecule has 0 aliphatic carbocycles. The Kier molecular flexibility index (Phi) is 2.56. The minimum atomic E-state index is 0.957. The fourth-order valence-electron chi connectivity index (χ4n) is 2.93. The summed E-state index contributed by atoms with van der Waals surface area (Å²) in [6.45, 7) is 3.19. The fourth-order valence-corrected chi connectivity index (χ4v) is 2.93. The first-order valence-electron chi connectivity index (χ1n) is 7.17. The molecule has 0 saturated heterocycles. The zero-order chi connectivity index (χ0) is 13.5. The number of rotatable bonds is 1. The van der Waals surface area contributed by atoms with Gasteiger partial charge in [0.05, 0.1) is 0 Å². The molecule has 2 aromatic carbocycles. The highest BCUT2D eigenvalue weighted by Gasteiger charge is 2.12. The molecule has 1 N–H and O–H groups in total. The molecule has 20 heavy (non-hydrogen) atoms. The van der Waals surface area contributed by atoms with Crippen LogP contribution in [-0.2, 0) is 6.42 Å². The van der Waals surface area contributed by atoms with Crippen molar-refractivity contribution in [3.05, 3.63) is 53.6 Å². The molecule has 0 atom stereocenters. The number of hydrogen-bond donors (Lipinski definition) is 1. The Morgan fingerprint density at radius 2 is 2.00 bits per heavy atom. The van der Waals surface area contributed by atoms with Crippen LogP contribution in [-0.4, -0.2) is 6.54 Å². The number of nitrogens with one attached hydrogen (secondary N) is 1. The fraction of sp³-hybridized carbons (Fsp3) is 0.222. The maximum Gasteiger partial charge on any atom is 0.135 e. The third-order valence-electron chi connectivity index (χ3n) is 4.00. The predicted octanol–water partition coefficient (Wildman–Crippen LogP) is 4.77. The van der Waals surface area contributed by atoms with Gasteiger partial charge in [-0.2, -0.15) is 0 Å². The summed E-state index contributed by atoms with van der Waals surface area (Å²) >= 11 is 0. The first kappa shape index (κ1) is 11.6. The van der Waals surface area contributed by atoms with Gasteiger partial charge in [0.2, 0.25) is 0 Å². The smallest absolute Gasteiger partial charge is 0.135 e. The van der Waals surface area contributed by atoms with E-state index in [-0.39, 0.29) is 0 Å². The lowest BCUT2D eigenvalue weighted by molar-refractivity contribution is 0.631. The summed E-state index contributed by atoms with van der Waals surface area (Å²) in [5, 5.41) is 4.62. The highest BCUT2D eigenvalue weighted by molar-refractivity contribution is 5.83. The molecule has 0 amide bonds. The first-order valence-corrected chi connectivity index (χ1v) is 7.17. The summed E-state index contributed by atoms with van der Waals surface area (Å²) in [4.78, 5) is 0. The third-order valence-corrected chi connectivity index (χ3v) is 4.00. The summed E-state index contributed by atoms with van der Waals surface area (Å²) in [6.07, 6.45) is 2.35. The Labute approximate surface area is 118 Å². The zero-order valence-corrected chi connectivity index (χ0v) is 11.6. The molecule has 0 fully saturated rings. The van der Waals surface area contributed by atoms with Gasteiger partial charge in [-0.1, -0.05) is 11.6 Å². The second kappa shape index (κ2) is 4.41. The predicted molar refractivity (Wildman–Crippen MR) is 83.2 cm³/mol. The SMILES string of the molecule is Cc1ccc2oc(-c3ccc4c(c3)CCCN4)cc2c1. The molecule has 0 unspecified atom stereocenters. The maximum absolute atomic E-state index is 5.98. The van der Waals surface area contributed by atoms with E-state index < -0.39 is 0 Å². The third kappa shape index (κ3) is 1.88. The van der Waals surface area contributed by atoms with Crippen molar-refractivity contribution >= 4 is 16.7 Å². The monoisotopic (exact) mass is 263 g/mol. The highest BCUT2D eigenvalue weighted by Crippen LogP contribution is 2.32. The van der Waals surface area contributed by atoms with E-state index in [0.29, 0.717) is 0 Å². The summed E-state index contributed by atoms with van der Waals surface area (Å²) in [6, 6.07) is 15.0. The molecule has 2 heteroatoms. The van der Waals surface area contributed by atoms with Gasteiger partial charge >= 0.3 is 0 Å². The molecule has 0 radical (unpaired) electrons. The van der Waals surface area contributed by atoms with Crippen molar-refractivity contribution in [3.63, 3.8) is 0 Å². The average molecular weight is 263 g/mol. The van der Waals surface area contributed by atoms with Crippen LogP contribution in [0.15, 0.2) is 46.9 Å². The van der Waals surface area contributed by atoms with E-state index in [1.807, 2.05) is 6.07 Å². The van der Waals surface area contributed by atoms with Crippen molar-refractivity contribution in [2.75, 3.05) is 11.9 Å². The van der Waals surface area contributed by atoms with Gasteiger partial charge in [-0.15, -0.1) is 0 Å². The van der Waals surface area contributed by atoms with Crippen LogP contribution in [0.5, 0.6) is 0 Å². The van der Waals surface area contributed by atoms with Gasteiger partial charge in [0.15, 0.2) is 0 Å². The molecule has 1 aliphatic heterocycles. The van der Waals surface area contributed by atoms with Crippen LogP contribution in [0.4, 0.5) is 5.69 Å². The van der Waals surface area contributed by atoms with E-state index in [1.165, 1.54) is 34.2 Å². The number of hydrogen-bond acceptors (Lipinski definition) is 2. The Morgan fingerprint density at radius 1 is 1.05 bits per heavy atom. The second-order valence-corrected chi connectivity index (χ2v) is 5.55. The minimum absolute atomic E-state index is 0.957. The molecule has 2 heterocycles. The summed E-state index contributed by atoms with van der Waals surface area (Å²) < 4.78 is 5.98. The van der Waals surface area contributed by atoms with E-state index in [2.05, 4.69) is 48.6 Å². The van der Waals surface area contributed by atoms with Crippen molar-refractivity contribution < 1.29 is 4.42 Å². The van der Waals surface area contributed by atoms with Gasteiger partial charge in [-0.05, 0) is 61.7 Å². The van der Waals surface area contributed by atoms with E-state index in [4.69, 9.17) is 4.42 Å². The Balaban J connectivity index is 1.82. The maximum atomic E-state index is 5.98. The Morgan fingerprint density at radius 3 is 2.95 bits per heavy atom. The quantitative estimate of drug-likeness (QED) is 0.684. The summed E-state index contributed by atoms with van der Waals surface area (Å²) in [5.41, 5.74) is 6.06.